The number of nitrogens with one attached hydrogen (secondary N) is 1. The average Bonchev–Trinajstić information content (AvgIpc) is 3.37. The number of carbonyl (C=O) groups excluding carboxylic acids is 2. The Hall–Kier alpha value is -3.72. The van der Waals surface area contributed by atoms with Gasteiger partial charge in [0, 0.05) is 18.0 Å². The standard InChI is InChI=1S/C20H16N4O4S/c1-28-20(27)18-14(7-10-29-18)21-17(25)12-23-8-9-24-16(19(23)26)11-15(22-24)13-5-3-2-4-6-13/h2-11H,12H2,1H3,(H,21,25). The number of methoxy groups -OCH3 is 1. The maximum absolute atomic E-state index is 12.8. The van der Waals surface area contributed by atoms with Crippen LogP contribution in [-0.2, 0) is 16.1 Å². The molecule has 0 aliphatic carbocycles. The van der Waals surface area contributed by atoms with E-state index < -0.39 is 11.9 Å². The van der Waals surface area contributed by atoms with Crippen molar-refractivity contribution in [3.05, 3.63) is 75.5 Å². The number of thiophene rings is 1. The number of hydrogen-bond acceptors (Lipinski definition) is 6. The van der Waals surface area contributed by atoms with Crippen LogP contribution in [0.5, 0.6) is 0 Å². The molecule has 9 heteroatoms. The molecule has 3 aromatic heterocycles. The van der Waals surface area contributed by atoms with Gasteiger partial charge in [-0.05, 0) is 17.5 Å². The van der Waals surface area contributed by atoms with Gasteiger partial charge < -0.3 is 14.6 Å². The highest BCUT2D eigenvalue weighted by Gasteiger charge is 2.16. The molecule has 1 amide bonds. The van der Waals surface area contributed by atoms with Crippen LogP contribution >= 0.6 is 11.3 Å². The Labute approximate surface area is 169 Å². The first-order chi connectivity index (χ1) is 14.1. The molecule has 0 saturated heterocycles. The van der Waals surface area contributed by atoms with Crippen LogP contribution in [0.4, 0.5) is 5.69 Å². The minimum absolute atomic E-state index is 0.197. The van der Waals surface area contributed by atoms with Gasteiger partial charge in [0.1, 0.15) is 16.9 Å². The van der Waals surface area contributed by atoms with Crippen molar-refractivity contribution in [2.75, 3.05) is 12.4 Å². The first kappa shape index (κ1) is 18.6. The quantitative estimate of drug-likeness (QED) is 0.512. The lowest BCUT2D eigenvalue weighted by molar-refractivity contribution is -0.116. The van der Waals surface area contributed by atoms with Crippen molar-refractivity contribution < 1.29 is 14.3 Å². The summed E-state index contributed by atoms with van der Waals surface area (Å²) in [5.74, 6) is -0.954. The molecule has 0 aliphatic heterocycles. The number of ether oxygens (including phenoxy) is 1. The number of hydrogen-bond donors (Lipinski definition) is 1. The largest absolute Gasteiger partial charge is 0.465 e. The van der Waals surface area contributed by atoms with Gasteiger partial charge in [-0.1, -0.05) is 30.3 Å². The van der Waals surface area contributed by atoms with Crippen molar-refractivity contribution in [3.63, 3.8) is 0 Å². The van der Waals surface area contributed by atoms with Gasteiger partial charge in [0.15, 0.2) is 0 Å². The zero-order valence-corrected chi connectivity index (χ0v) is 16.2. The summed E-state index contributed by atoms with van der Waals surface area (Å²) in [6, 6.07) is 12.8. The van der Waals surface area contributed by atoms with Gasteiger partial charge in [0.25, 0.3) is 5.56 Å². The zero-order valence-electron chi connectivity index (χ0n) is 15.4. The van der Waals surface area contributed by atoms with Crippen molar-refractivity contribution in [2.45, 2.75) is 6.54 Å². The van der Waals surface area contributed by atoms with Crippen LogP contribution in [0.2, 0.25) is 0 Å². The fraction of sp³-hybridized carbons (Fsp3) is 0.100. The maximum Gasteiger partial charge on any atom is 0.350 e. The van der Waals surface area contributed by atoms with E-state index in [0.29, 0.717) is 21.8 Å². The molecule has 0 bridgehead atoms. The van der Waals surface area contributed by atoms with Crippen molar-refractivity contribution in [1.82, 2.24) is 14.2 Å². The maximum atomic E-state index is 12.8. The molecule has 4 rings (SSSR count). The summed E-state index contributed by atoms with van der Waals surface area (Å²) in [4.78, 5) is 37.2. The van der Waals surface area contributed by atoms with Gasteiger partial charge >= 0.3 is 5.97 Å². The number of amides is 1. The van der Waals surface area contributed by atoms with Crippen LogP contribution in [-0.4, -0.2) is 33.2 Å². The van der Waals surface area contributed by atoms with Crippen molar-refractivity contribution in [3.8, 4) is 11.3 Å². The van der Waals surface area contributed by atoms with Gasteiger partial charge in [0.05, 0.1) is 18.5 Å². The molecule has 4 aromatic rings. The van der Waals surface area contributed by atoms with Crippen LogP contribution in [0.3, 0.4) is 0 Å². The summed E-state index contributed by atoms with van der Waals surface area (Å²) in [6.07, 6.45) is 3.13. The van der Waals surface area contributed by atoms with E-state index >= 15 is 0 Å². The van der Waals surface area contributed by atoms with E-state index in [9.17, 15) is 14.4 Å². The zero-order chi connectivity index (χ0) is 20.4. The van der Waals surface area contributed by atoms with Gasteiger partial charge in [-0.2, -0.15) is 5.10 Å². The topological polar surface area (TPSA) is 94.7 Å². The fourth-order valence-corrected chi connectivity index (χ4v) is 3.67. The number of rotatable bonds is 5. The summed E-state index contributed by atoms with van der Waals surface area (Å²) in [5.41, 5.74) is 1.95. The Morgan fingerprint density at radius 1 is 1.17 bits per heavy atom. The number of aromatic nitrogens is 3. The van der Waals surface area contributed by atoms with Gasteiger partial charge in [-0.25, -0.2) is 9.31 Å². The summed E-state index contributed by atoms with van der Waals surface area (Å²) in [7, 11) is 1.28. The third-order valence-corrected chi connectivity index (χ3v) is 5.19. The van der Waals surface area contributed by atoms with Gasteiger partial charge in [-0.15, -0.1) is 11.3 Å². The van der Waals surface area contributed by atoms with E-state index in [4.69, 9.17) is 4.74 Å². The first-order valence-corrected chi connectivity index (χ1v) is 9.54. The predicted molar refractivity (Wildman–Crippen MR) is 109 cm³/mol. The van der Waals surface area contributed by atoms with E-state index in [-0.39, 0.29) is 12.1 Å². The van der Waals surface area contributed by atoms with Crippen molar-refractivity contribution in [1.29, 1.82) is 0 Å². The Balaban J connectivity index is 1.58. The number of benzene rings is 1. The molecule has 0 radical (unpaired) electrons. The Bertz CT molecular complexity index is 1260. The molecule has 1 N–H and O–H groups in total. The number of anilines is 1. The second-order valence-corrected chi connectivity index (χ2v) is 7.08. The molecule has 146 valence electrons. The van der Waals surface area contributed by atoms with Crippen LogP contribution in [0.25, 0.3) is 16.8 Å². The monoisotopic (exact) mass is 408 g/mol. The minimum atomic E-state index is -0.526. The van der Waals surface area contributed by atoms with Gasteiger partial charge in [0.2, 0.25) is 5.91 Å². The van der Waals surface area contributed by atoms with Crippen molar-refractivity contribution >= 4 is 34.4 Å². The van der Waals surface area contributed by atoms with E-state index in [0.717, 1.165) is 5.56 Å². The smallest absolute Gasteiger partial charge is 0.350 e. The summed E-state index contributed by atoms with van der Waals surface area (Å²) >= 11 is 1.17. The summed E-state index contributed by atoms with van der Waals surface area (Å²) < 4.78 is 7.49. The number of nitrogens with zero attached hydrogens (tertiary/aromatic N) is 3. The van der Waals surface area contributed by atoms with E-state index in [2.05, 4.69) is 10.4 Å². The Kier molecular flexibility index (Phi) is 4.96. The first-order valence-electron chi connectivity index (χ1n) is 8.66. The Morgan fingerprint density at radius 3 is 2.72 bits per heavy atom. The molecule has 0 unspecified atom stereocenters. The second-order valence-electron chi connectivity index (χ2n) is 6.16. The SMILES string of the molecule is COC(=O)c1sccc1NC(=O)Cn1ccn2nc(-c3ccccc3)cc2c1=O. The number of carbonyl (C=O) groups is 2. The van der Waals surface area contributed by atoms with E-state index in [1.54, 1.807) is 23.7 Å². The summed E-state index contributed by atoms with van der Waals surface area (Å²) in [5, 5.41) is 8.75. The highest BCUT2D eigenvalue weighted by molar-refractivity contribution is 7.12. The molecule has 1 aromatic carbocycles. The molecule has 0 aliphatic rings. The van der Waals surface area contributed by atoms with Crippen LogP contribution < -0.4 is 10.9 Å². The minimum Gasteiger partial charge on any atom is -0.465 e. The Morgan fingerprint density at radius 2 is 1.97 bits per heavy atom. The molecule has 0 spiro atoms. The normalized spacial score (nSPS) is 10.8. The fourth-order valence-electron chi connectivity index (χ4n) is 2.90. The second kappa shape index (κ2) is 7.72. The number of fused-ring (bicyclic) bond motifs is 1. The predicted octanol–water partition coefficient (Wildman–Crippen LogP) is 2.65. The highest BCUT2D eigenvalue weighted by Crippen LogP contribution is 2.23. The van der Waals surface area contributed by atoms with Gasteiger partial charge in [-0.3, -0.25) is 9.59 Å². The molecule has 29 heavy (non-hydrogen) atoms. The third kappa shape index (κ3) is 3.67. The molecule has 3 heterocycles. The third-order valence-electron chi connectivity index (χ3n) is 4.30. The summed E-state index contributed by atoms with van der Waals surface area (Å²) in [6.45, 7) is -0.197. The molecule has 0 fully saturated rings. The average molecular weight is 408 g/mol. The van der Waals surface area contributed by atoms with E-state index in [1.807, 2.05) is 30.3 Å². The van der Waals surface area contributed by atoms with Crippen molar-refractivity contribution in [2.24, 2.45) is 0 Å². The molecular formula is C20H16N4O4S. The molecule has 0 atom stereocenters. The molecule has 0 saturated carbocycles. The lowest BCUT2D eigenvalue weighted by Crippen LogP contribution is -2.28. The van der Waals surface area contributed by atoms with Crippen LogP contribution in [0.1, 0.15) is 9.67 Å². The number of esters is 1. The lowest BCUT2D eigenvalue weighted by Gasteiger charge is -2.08. The lowest BCUT2D eigenvalue weighted by atomic mass is 10.1. The molecule has 8 nitrogen and oxygen atoms in total. The molecular weight excluding hydrogens is 392 g/mol. The van der Waals surface area contributed by atoms with E-state index in [1.165, 1.54) is 33.7 Å². The van der Waals surface area contributed by atoms with Crippen LogP contribution in [0, 0.1) is 0 Å². The highest BCUT2D eigenvalue weighted by atomic mass is 32.1. The van der Waals surface area contributed by atoms with Crippen LogP contribution in [0.15, 0.2) is 65.0 Å².